The number of hydrogen-bond acceptors (Lipinski definition) is 8. The monoisotopic (exact) mass is 513 g/mol. The molecule has 38 heavy (non-hydrogen) atoms. The van der Waals surface area contributed by atoms with E-state index in [0.29, 0.717) is 24.7 Å². The summed E-state index contributed by atoms with van der Waals surface area (Å²) in [6, 6.07) is 13.0. The maximum absolute atomic E-state index is 12.5. The Hall–Kier alpha value is -4.24. The van der Waals surface area contributed by atoms with E-state index in [-0.39, 0.29) is 5.97 Å². The number of nitrogens with zero attached hydrogens (tertiary/aromatic N) is 5. The lowest BCUT2D eigenvalue weighted by Gasteiger charge is -2.28. The number of methoxy groups -OCH3 is 1. The van der Waals surface area contributed by atoms with E-state index in [1.54, 1.807) is 19.2 Å². The molecule has 1 fully saturated rings. The number of hydrogen-bond donors (Lipinski definition) is 0. The highest BCUT2D eigenvalue weighted by molar-refractivity contribution is 5.90. The zero-order valence-electron chi connectivity index (χ0n) is 22.0. The Labute approximate surface area is 221 Å². The zero-order valence-corrected chi connectivity index (χ0v) is 22.0. The Morgan fingerprint density at radius 2 is 1.74 bits per heavy atom. The number of imidazole rings is 1. The Kier molecular flexibility index (Phi) is 7.11. The lowest BCUT2D eigenvalue weighted by atomic mass is 10.1. The number of esters is 1. The number of aromatic nitrogens is 4. The molecule has 5 rings (SSSR count). The van der Waals surface area contributed by atoms with Gasteiger partial charge in [0.2, 0.25) is 5.88 Å². The first-order valence-electron chi connectivity index (χ1n) is 12.5. The van der Waals surface area contributed by atoms with E-state index < -0.39 is 5.60 Å². The largest absolute Gasteiger partial charge is 0.481 e. The average molecular weight is 514 g/mol. The summed E-state index contributed by atoms with van der Waals surface area (Å²) in [6.45, 7) is 8.36. The molecule has 1 aliphatic rings. The Morgan fingerprint density at radius 3 is 2.45 bits per heavy atom. The smallest absolute Gasteiger partial charge is 0.338 e. The number of pyridine rings is 1. The maximum Gasteiger partial charge on any atom is 0.338 e. The standard InChI is InChI=1S/C29H31N5O4/c1-29(2,3)38-28(35)21-10-8-20(9-11-21)24-18-30-26(33-14-16-37-17-15-33)27-32-23(19-34(24)27)13-12-22-6-5-7-25(31-22)36-4/h5-13,18-19H,14-17H2,1-4H3. The van der Waals surface area contributed by atoms with Gasteiger partial charge in [0.1, 0.15) is 5.60 Å². The summed E-state index contributed by atoms with van der Waals surface area (Å²) in [6.07, 6.45) is 7.66. The molecule has 1 aromatic carbocycles. The summed E-state index contributed by atoms with van der Waals surface area (Å²) in [5.41, 5.74) is 4.00. The molecule has 1 aliphatic heterocycles. The fourth-order valence-electron chi connectivity index (χ4n) is 4.20. The molecule has 0 amide bonds. The molecule has 0 atom stereocenters. The molecule has 0 aliphatic carbocycles. The van der Waals surface area contributed by atoms with Crippen molar-refractivity contribution in [3.05, 3.63) is 71.8 Å². The zero-order chi connectivity index (χ0) is 26.7. The second kappa shape index (κ2) is 10.6. The van der Waals surface area contributed by atoms with Crippen molar-refractivity contribution in [2.45, 2.75) is 26.4 Å². The van der Waals surface area contributed by atoms with E-state index >= 15 is 0 Å². The van der Waals surface area contributed by atoms with Crippen LogP contribution in [-0.2, 0) is 9.47 Å². The van der Waals surface area contributed by atoms with Crippen molar-refractivity contribution in [2.75, 3.05) is 38.3 Å². The van der Waals surface area contributed by atoms with E-state index in [4.69, 9.17) is 24.2 Å². The molecule has 4 aromatic rings. The van der Waals surface area contributed by atoms with Gasteiger partial charge in [-0.1, -0.05) is 18.2 Å². The topological polar surface area (TPSA) is 91.1 Å². The Bertz CT molecular complexity index is 1460. The number of fused-ring (bicyclic) bond motifs is 1. The summed E-state index contributed by atoms with van der Waals surface area (Å²) in [5, 5.41) is 0. The first kappa shape index (κ1) is 25.4. The van der Waals surface area contributed by atoms with Crippen molar-refractivity contribution in [3.8, 4) is 17.1 Å². The van der Waals surface area contributed by atoms with Gasteiger partial charge in [0, 0.05) is 30.9 Å². The first-order valence-corrected chi connectivity index (χ1v) is 12.5. The normalized spacial score (nSPS) is 14.3. The molecule has 0 N–H and O–H groups in total. The van der Waals surface area contributed by atoms with Gasteiger partial charge in [-0.25, -0.2) is 19.7 Å². The van der Waals surface area contributed by atoms with Crippen LogP contribution in [0.25, 0.3) is 29.1 Å². The molecular formula is C29H31N5O4. The molecule has 0 spiro atoms. The van der Waals surface area contributed by atoms with Gasteiger partial charge in [-0.2, -0.15) is 0 Å². The van der Waals surface area contributed by atoms with Crippen LogP contribution >= 0.6 is 0 Å². The van der Waals surface area contributed by atoms with Gasteiger partial charge in [0.15, 0.2) is 11.5 Å². The molecule has 0 radical (unpaired) electrons. The molecular weight excluding hydrogens is 482 g/mol. The van der Waals surface area contributed by atoms with E-state index in [2.05, 4.69) is 9.88 Å². The predicted molar refractivity (Wildman–Crippen MR) is 146 cm³/mol. The van der Waals surface area contributed by atoms with Crippen LogP contribution in [0.1, 0.15) is 42.5 Å². The minimum atomic E-state index is -0.553. The minimum Gasteiger partial charge on any atom is -0.481 e. The molecule has 3 aromatic heterocycles. The molecule has 0 unspecified atom stereocenters. The molecule has 4 heterocycles. The third kappa shape index (κ3) is 5.68. The first-order chi connectivity index (χ1) is 18.3. The third-order valence-corrected chi connectivity index (χ3v) is 6.00. The van der Waals surface area contributed by atoms with Gasteiger partial charge < -0.3 is 19.1 Å². The number of carbonyl (C=O) groups is 1. The quantitative estimate of drug-likeness (QED) is 0.341. The van der Waals surface area contributed by atoms with Crippen molar-refractivity contribution in [1.82, 2.24) is 19.4 Å². The van der Waals surface area contributed by atoms with Crippen molar-refractivity contribution in [3.63, 3.8) is 0 Å². The van der Waals surface area contributed by atoms with E-state index in [9.17, 15) is 4.79 Å². The number of benzene rings is 1. The van der Waals surface area contributed by atoms with Crippen LogP contribution in [0.15, 0.2) is 54.9 Å². The highest BCUT2D eigenvalue weighted by Gasteiger charge is 2.21. The summed E-state index contributed by atoms with van der Waals surface area (Å²) in [4.78, 5) is 28.8. The average Bonchev–Trinajstić information content (AvgIpc) is 3.35. The van der Waals surface area contributed by atoms with Crippen LogP contribution in [-0.4, -0.2) is 64.3 Å². The van der Waals surface area contributed by atoms with Gasteiger partial charge in [-0.05, 0) is 51.1 Å². The lowest BCUT2D eigenvalue weighted by Crippen LogP contribution is -2.37. The van der Waals surface area contributed by atoms with E-state index in [0.717, 1.165) is 47.2 Å². The van der Waals surface area contributed by atoms with Crippen LogP contribution in [0, 0.1) is 0 Å². The minimum absolute atomic E-state index is 0.351. The van der Waals surface area contributed by atoms with Gasteiger partial charge >= 0.3 is 5.97 Å². The number of morpholine rings is 1. The van der Waals surface area contributed by atoms with Crippen LogP contribution in [0.5, 0.6) is 5.88 Å². The lowest BCUT2D eigenvalue weighted by molar-refractivity contribution is 0.00695. The highest BCUT2D eigenvalue weighted by Crippen LogP contribution is 2.28. The molecule has 196 valence electrons. The molecule has 9 heteroatoms. The van der Waals surface area contributed by atoms with Crippen molar-refractivity contribution < 1.29 is 19.0 Å². The molecule has 1 saturated heterocycles. The Morgan fingerprint density at radius 1 is 1.00 bits per heavy atom. The number of ether oxygens (including phenoxy) is 3. The fourth-order valence-corrected chi connectivity index (χ4v) is 4.20. The van der Waals surface area contributed by atoms with Crippen LogP contribution < -0.4 is 9.64 Å². The maximum atomic E-state index is 12.5. The van der Waals surface area contributed by atoms with Crippen molar-refractivity contribution in [2.24, 2.45) is 0 Å². The Balaban J connectivity index is 1.52. The van der Waals surface area contributed by atoms with Gasteiger partial charge in [0.25, 0.3) is 0 Å². The van der Waals surface area contributed by atoms with Crippen LogP contribution in [0.2, 0.25) is 0 Å². The third-order valence-electron chi connectivity index (χ3n) is 6.00. The summed E-state index contributed by atoms with van der Waals surface area (Å²) < 4.78 is 18.3. The van der Waals surface area contributed by atoms with E-state index in [1.165, 1.54) is 0 Å². The number of carbonyl (C=O) groups excluding carboxylic acids is 1. The fraction of sp³-hybridized carbons (Fsp3) is 0.310. The van der Waals surface area contributed by atoms with Crippen molar-refractivity contribution >= 4 is 29.6 Å². The second-order valence-corrected chi connectivity index (χ2v) is 9.94. The predicted octanol–water partition coefficient (Wildman–Crippen LogP) is 4.76. The molecule has 0 bridgehead atoms. The van der Waals surface area contributed by atoms with Crippen LogP contribution in [0.4, 0.5) is 5.82 Å². The molecule has 9 nitrogen and oxygen atoms in total. The van der Waals surface area contributed by atoms with Gasteiger partial charge in [0.05, 0.1) is 49.2 Å². The summed E-state index contributed by atoms with van der Waals surface area (Å²) in [7, 11) is 1.60. The number of rotatable bonds is 6. The number of anilines is 1. The van der Waals surface area contributed by atoms with Crippen molar-refractivity contribution in [1.29, 1.82) is 0 Å². The van der Waals surface area contributed by atoms with Crippen LogP contribution in [0.3, 0.4) is 0 Å². The van der Waals surface area contributed by atoms with Gasteiger partial charge in [-0.15, -0.1) is 0 Å². The van der Waals surface area contributed by atoms with E-state index in [1.807, 2.05) is 80.0 Å². The van der Waals surface area contributed by atoms with Gasteiger partial charge in [-0.3, -0.25) is 4.40 Å². The summed E-state index contributed by atoms with van der Waals surface area (Å²) in [5.74, 6) is 1.01. The summed E-state index contributed by atoms with van der Waals surface area (Å²) >= 11 is 0. The second-order valence-electron chi connectivity index (χ2n) is 9.94. The SMILES string of the molecule is COc1cccc(C=Cc2cn3c(-c4ccc(C(=O)OC(C)(C)C)cc4)cnc(N4CCOCC4)c3n2)n1. The highest BCUT2D eigenvalue weighted by atomic mass is 16.6. The molecule has 0 saturated carbocycles.